The highest BCUT2D eigenvalue weighted by molar-refractivity contribution is 7.92. The zero-order valence-corrected chi connectivity index (χ0v) is 21.1. The molecule has 1 heterocycles. The van der Waals surface area contributed by atoms with Crippen LogP contribution in [0.4, 0.5) is 24.5 Å². The highest BCUT2D eigenvalue weighted by Crippen LogP contribution is 2.31. The summed E-state index contributed by atoms with van der Waals surface area (Å²) in [5.74, 6) is 0.354. The highest BCUT2D eigenvalue weighted by Gasteiger charge is 2.30. The fraction of sp³-hybridized carbons (Fsp3) is 0.296. The molecule has 10 heteroatoms. The summed E-state index contributed by atoms with van der Waals surface area (Å²) in [6.07, 6.45) is -2.13. The van der Waals surface area contributed by atoms with Crippen LogP contribution in [0.1, 0.15) is 41.3 Å². The first-order valence-electron chi connectivity index (χ1n) is 11.9. The predicted octanol–water partition coefficient (Wildman–Crippen LogP) is 5.99. The van der Waals surface area contributed by atoms with Gasteiger partial charge in [0.2, 0.25) is 0 Å². The third-order valence-corrected chi connectivity index (χ3v) is 7.63. The summed E-state index contributed by atoms with van der Waals surface area (Å²) in [6, 6.07) is 16.7. The van der Waals surface area contributed by atoms with Gasteiger partial charge in [-0.2, -0.15) is 13.2 Å². The van der Waals surface area contributed by atoms with Gasteiger partial charge in [-0.05, 0) is 85.5 Å². The number of piperidine rings is 1. The van der Waals surface area contributed by atoms with Gasteiger partial charge < -0.3 is 5.32 Å². The second kappa shape index (κ2) is 10.9. The molecule has 1 aliphatic heterocycles. The first-order valence-corrected chi connectivity index (χ1v) is 13.4. The number of alkyl halides is 3. The number of benzene rings is 3. The minimum Gasteiger partial charge on any atom is -0.322 e. The van der Waals surface area contributed by atoms with Crippen LogP contribution < -0.4 is 10.0 Å². The Balaban J connectivity index is 1.37. The number of nitrogens with one attached hydrogen (secondary N) is 2. The Bertz CT molecular complexity index is 1340. The topological polar surface area (TPSA) is 78.5 Å². The molecule has 0 aromatic heterocycles. The Morgan fingerprint density at radius 2 is 1.70 bits per heavy atom. The van der Waals surface area contributed by atoms with E-state index in [2.05, 4.69) is 21.9 Å². The van der Waals surface area contributed by atoms with Crippen molar-refractivity contribution in [3.8, 4) is 0 Å². The lowest BCUT2D eigenvalue weighted by Crippen LogP contribution is -2.33. The van der Waals surface area contributed by atoms with Crippen molar-refractivity contribution in [2.24, 2.45) is 5.92 Å². The molecule has 3 aromatic carbocycles. The number of halogens is 3. The SMILES string of the molecule is C[C@@H]1CCCN(Cc2ccc(C(=O)Nc3ccc(S(=O)(=O)Nc4cccc(C(F)(F)F)c4)cc3)cc2)C1. The van der Waals surface area contributed by atoms with Crippen LogP contribution >= 0.6 is 0 Å². The molecular weight excluding hydrogens is 503 g/mol. The third kappa shape index (κ3) is 7.11. The lowest BCUT2D eigenvalue weighted by molar-refractivity contribution is -0.137. The number of sulfonamides is 1. The highest BCUT2D eigenvalue weighted by atomic mass is 32.2. The molecule has 1 fully saturated rings. The van der Waals surface area contributed by atoms with E-state index in [9.17, 15) is 26.4 Å². The van der Waals surface area contributed by atoms with Crippen molar-refractivity contribution in [1.82, 2.24) is 4.90 Å². The van der Waals surface area contributed by atoms with Crippen LogP contribution in [0.25, 0.3) is 0 Å². The fourth-order valence-corrected chi connectivity index (χ4v) is 5.39. The van der Waals surface area contributed by atoms with Gasteiger partial charge in [-0.25, -0.2) is 8.42 Å². The minimum atomic E-state index is -4.59. The van der Waals surface area contributed by atoms with Gasteiger partial charge in [-0.3, -0.25) is 14.4 Å². The van der Waals surface area contributed by atoms with Crippen molar-refractivity contribution >= 4 is 27.3 Å². The van der Waals surface area contributed by atoms with E-state index in [4.69, 9.17) is 0 Å². The van der Waals surface area contributed by atoms with Crippen LogP contribution in [-0.4, -0.2) is 32.3 Å². The Morgan fingerprint density at radius 3 is 2.35 bits per heavy atom. The van der Waals surface area contributed by atoms with Gasteiger partial charge in [0, 0.05) is 30.0 Å². The Kier molecular flexibility index (Phi) is 7.89. The number of rotatable bonds is 7. The van der Waals surface area contributed by atoms with Gasteiger partial charge >= 0.3 is 6.18 Å². The molecule has 1 aliphatic rings. The molecule has 1 atom stereocenters. The number of hydrogen-bond acceptors (Lipinski definition) is 4. The number of likely N-dealkylation sites (tertiary alicyclic amines) is 1. The smallest absolute Gasteiger partial charge is 0.322 e. The van der Waals surface area contributed by atoms with Crippen molar-refractivity contribution < 1.29 is 26.4 Å². The van der Waals surface area contributed by atoms with Crippen LogP contribution in [0.3, 0.4) is 0 Å². The number of amides is 1. The van der Waals surface area contributed by atoms with Crippen molar-refractivity contribution in [1.29, 1.82) is 0 Å². The molecule has 1 amide bonds. The quantitative estimate of drug-likeness (QED) is 0.393. The molecule has 6 nitrogen and oxygen atoms in total. The van der Waals surface area contributed by atoms with Crippen molar-refractivity contribution in [2.45, 2.75) is 37.4 Å². The van der Waals surface area contributed by atoms with Crippen LogP contribution in [0.15, 0.2) is 77.7 Å². The van der Waals surface area contributed by atoms with Crippen molar-refractivity contribution in [3.63, 3.8) is 0 Å². The van der Waals surface area contributed by atoms with Crippen LogP contribution in [0.2, 0.25) is 0 Å². The lowest BCUT2D eigenvalue weighted by Gasteiger charge is -2.30. The Morgan fingerprint density at radius 1 is 1.00 bits per heavy atom. The number of carbonyl (C=O) groups excluding carboxylic acids is 1. The standard InChI is InChI=1S/C27H28F3N3O3S/c1-19-4-3-15-33(17-19)18-20-7-9-21(10-8-20)26(34)31-23-11-13-25(14-12-23)37(35,36)32-24-6-2-5-22(16-24)27(28,29)30/h2,5-14,16,19,32H,3-4,15,17-18H2,1H3,(H,31,34)/t19-/m1/s1. The number of anilines is 2. The summed E-state index contributed by atoms with van der Waals surface area (Å²) in [7, 11) is -4.13. The summed E-state index contributed by atoms with van der Waals surface area (Å²) in [4.78, 5) is 14.9. The van der Waals surface area contributed by atoms with Gasteiger partial charge in [0.05, 0.1) is 10.5 Å². The summed E-state index contributed by atoms with van der Waals surface area (Å²) >= 11 is 0. The van der Waals surface area contributed by atoms with Crippen molar-refractivity contribution in [2.75, 3.05) is 23.1 Å². The summed E-state index contributed by atoms with van der Waals surface area (Å²) < 4.78 is 66.1. The summed E-state index contributed by atoms with van der Waals surface area (Å²) in [5, 5.41) is 2.73. The van der Waals surface area contributed by atoms with E-state index in [0.29, 0.717) is 17.2 Å². The third-order valence-electron chi connectivity index (χ3n) is 6.23. The molecular formula is C27H28F3N3O3S. The second-order valence-electron chi connectivity index (χ2n) is 9.34. The Labute approximate surface area is 214 Å². The fourth-order valence-electron chi connectivity index (χ4n) is 4.34. The lowest BCUT2D eigenvalue weighted by atomic mass is 9.99. The maximum atomic E-state index is 12.9. The number of nitrogens with zero attached hydrogens (tertiary/aromatic N) is 1. The number of carbonyl (C=O) groups is 1. The maximum absolute atomic E-state index is 12.9. The van der Waals surface area contributed by atoms with E-state index < -0.39 is 21.8 Å². The van der Waals surface area contributed by atoms with Crippen LogP contribution in [-0.2, 0) is 22.7 Å². The summed E-state index contributed by atoms with van der Waals surface area (Å²) in [6.45, 7) is 5.25. The largest absolute Gasteiger partial charge is 0.416 e. The average Bonchev–Trinajstić information content (AvgIpc) is 2.84. The van der Waals surface area contributed by atoms with Gasteiger partial charge in [-0.15, -0.1) is 0 Å². The molecule has 1 saturated heterocycles. The zero-order chi connectivity index (χ0) is 26.6. The Hall–Kier alpha value is -3.37. The first-order chi connectivity index (χ1) is 17.5. The van der Waals surface area contributed by atoms with E-state index in [1.807, 2.05) is 12.1 Å². The van der Waals surface area contributed by atoms with E-state index in [1.54, 1.807) is 12.1 Å². The molecule has 0 bridgehead atoms. The van der Waals surface area contributed by atoms with Gasteiger partial charge in [0.25, 0.3) is 15.9 Å². The summed E-state index contributed by atoms with van der Waals surface area (Å²) in [5.41, 5.74) is 0.826. The molecule has 0 unspecified atom stereocenters. The maximum Gasteiger partial charge on any atom is 0.416 e. The first kappa shape index (κ1) is 26.7. The zero-order valence-electron chi connectivity index (χ0n) is 20.3. The molecule has 3 aromatic rings. The molecule has 0 saturated carbocycles. The van der Waals surface area contributed by atoms with Gasteiger partial charge in [0.15, 0.2) is 0 Å². The average molecular weight is 532 g/mol. The molecule has 0 radical (unpaired) electrons. The minimum absolute atomic E-state index is 0.153. The van der Waals surface area contributed by atoms with Gasteiger partial charge in [0.1, 0.15) is 0 Å². The molecule has 4 rings (SSSR count). The van der Waals surface area contributed by atoms with E-state index in [-0.39, 0.29) is 16.5 Å². The van der Waals surface area contributed by atoms with Crippen LogP contribution in [0.5, 0.6) is 0 Å². The van der Waals surface area contributed by atoms with Crippen molar-refractivity contribution in [3.05, 3.63) is 89.5 Å². The normalized spacial score (nSPS) is 16.8. The van der Waals surface area contributed by atoms with E-state index >= 15 is 0 Å². The molecule has 196 valence electrons. The monoisotopic (exact) mass is 531 g/mol. The van der Waals surface area contributed by atoms with E-state index in [0.717, 1.165) is 43.4 Å². The molecule has 2 N–H and O–H groups in total. The number of hydrogen-bond donors (Lipinski definition) is 2. The molecule has 0 spiro atoms. The van der Waals surface area contributed by atoms with E-state index in [1.165, 1.54) is 43.2 Å². The predicted molar refractivity (Wildman–Crippen MR) is 137 cm³/mol. The molecule has 0 aliphatic carbocycles. The molecule has 37 heavy (non-hydrogen) atoms. The van der Waals surface area contributed by atoms with Gasteiger partial charge in [-0.1, -0.05) is 25.1 Å². The second-order valence-corrected chi connectivity index (χ2v) is 11.0. The van der Waals surface area contributed by atoms with Crippen LogP contribution in [0, 0.1) is 5.92 Å².